The minimum Gasteiger partial charge on any atom is -0.465 e. The average Bonchev–Trinajstić information content (AvgIpc) is 2.94. The first-order valence-electron chi connectivity index (χ1n) is 10.8. The number of benzene rings is 2. The van der Waals surface area contributed by atoms with Gasteiger partial charge in [-0.15, -0.1) is 0 Å². The third-order valence-corrected chi connectivity index (χ3v) is 4.67. The fraction of sp³-hybridized carbons (Fsp3) is 0.0769. The van der Waals surface area contributed by atoms with Crippen molar-refractivity contribution in [3.05, 3.63) is 129 Å². The van der Waals surface area contributed by atoms with Crippen LogP contribution < -0.4 is 16.6 Å². The molecular weight excluding hydrogens is 479 g/mol. The molecule has 2 heterocycles. The normalized spacial score (nSPS) is 9.51. The lowest BCUT2D eigenvalue weighted by Gasteiger charge is -2.06. The van der Waals surface area contributed by atoms with Gasteiger partial charge in [0.25, 0.3) is 5.56 Å². The third kappa shape index (κ3) is 9.09. The molecule has 0 fully saturated rings. The number of carbonyl (C=O) groups is 2. The van der Waals surface area contributed by atoms with Crippen molar-refractivity contribution < 1.29 is 29.1 Å². The summed E-state index contributed by atoms with van der Waals surface area (Å²) in [5, 5.41) is 17.2. The lowest BCUT2D eigenvalue weighted by molar-refractivity contribution is 0.0591. The van der Waals surface area contributed by atoms with E-state index in [-0.39, 0.29) is 11.1 Å². The molecule has 0 aliphatic heterocycles. The van der Waals surface area contributed by atoms with Crippen molar-refractivity contribution in [2.24, 2.45) is 0 Å². The quantitative estimate of drug-likeness (QED) is 0.277. The molecule has 37 heavy (non-hydrogen) atoms. The summed E-state index contributed by atoms with van der Waals surface area (Å²) in [5.41, 5.74) is 1.49. The van der Waals surface area contributed by atoms with Crippen LogP contribution in [-0.2, 0) is 9.47 Å². The number of carbonyl (C=O) groups excluding carboxylic acids is 2. The maximum Gasteiger partial charge on any atom is 0.488 e. The van der Waals surface area contributed by atoms with Crippen molar-refractivity contribution in [2.45, 2.75) is 0 Å². The van der Waals surface area contributed by atoms with Gasteiger partial charge >= 0.3 is 19.1 Å². The Bertz CT molecular complexity index is 1380. The molecule has 190 valence electrons. The molecule has 0 radical (unpaired) electrons. The third-order valence-electron chi connectivity index (χ3n) is 4.67. The first-order valence-corrected chi connectivity index (χ1v) is 10.8. The predicted molar refractivity (Wildman–Crippen MR) is 138 cm³/mol. The summed E-state index contributed by atoms with van der Waals surface area (Å²) in [6, 6.07) is 23.2. The minimum atomic E-state index is -1.34. The van der Waals surface area contributed by atoms with Crippen LogP contribution in [0.15, 0.2) is 107 Å². The predicted octanol–water partition coefficient (Wildman–Crippen LogP) is 1.15. The van der Waals surface area contributed by atoms with Gasteiger partial charge < -0.3 is 24.5 Å². The molecule has 0 aliphatic rings. The number of nitrogens with one attached hydrogen (secondary N) is 1. The van der Waals surface area contributed by atoms with Crippen LogP contribution in [0, 0.1) is 0 Å². The van der Waals surface area contributed by atoms with Gasteiger partial charge in [0, 0.05) is 30.2 Å². The molecule has 10 nitrogen and oxygen atoms in total. The number of rotatable bonds is 4. The molecule has 0 amide bonds. The number of hydrogen-bond donors (Lipinski definition) is 3. The van der Waals surface area contributed by atoms with Crippen LogP contribution in [-0.4, -0.2) is 52.9 Å². The summed E-state index contributed by atoms with van der Waals surface area (Å²) in [6.07, 6.45) is 2.79. The molecule has 0 saturated carbocycles. The molecule has 0 atom stereocenters. The summed E-state index contributed by atoms with van der Waals surface area (Å²) in [6.45, 7) is 0. The SMILES string of the molecule is COC(=O)c1ccc(=O)[nH]c1.COC(=O)c1ccc(=O)n(-c2ccccc2)c1.OB(O)c1ccccc1. The number of H-pyrrole nitrogens is 1. The zero-order valence-corrected chi connectivity index (χ0v) is 20.1. The lowest BCUT2D eigenvalue weighted by atomic mass is 9.81. The number of aromatic nitrogens is 2. The first kappa shape index (κ1) is 28.5. The number of esters is 2. The van der Waals surface area contributed by atoms with Crippen molar-refractivity contribution in [3.8, 4) is 5.69 Å². The standard InChI is InChI=1S/C13H11NO3.C7H7NO3.C6H7BO2/c1-17-13(16)10-7-8-12(15)14(9-10)11-5-3-2-4-6-11;1-11-7(10)5-2-3-6(9)8-4-5;8-7(9)6-4-2-1-3-5-6/h2-9H,1H3;2-4H,1H3,(H,8,9);1-5,8-9H. The molecule has 0 aliphatic carbocycles. The van der Waals surface area contributed by atoms with E-state index in [0.717, 1.165) is 0 Å². The van der Waals surface area contributed by atoms with Crippen LogP contribution in [0.4, 0.5) is 0 Å². The second-order valence-corrected chi connectivity index (χ2v) is 7.17. The Hall–Kier alpha value is -4.74. The molecule has 0 bridgehead atoms. The smallest absolute Gasteiger partial charge is 0.465 e. The first-order chi connectivity index (χ1) is 17.8. The highest BCUT2D eigenvalue weighted by atomic mass is 16.5. The Morgan fingerprint density at radius 3 is 1.78 bits per heavy atom. The van der Waals surface area contributed by atoms with Crippen molar-refractivity contribution >= 4 is 24.5 Å². The van der Waals surface area contributed by atoms with Gasteiger partial charge in [-0.05, 0) is 29.7 Å². The number of pyridine rings is 2. The van der Waals surface area contributed by atoms with Gasteiger partial charge in [-0.25, -0.2) is 9.59 Å². The summed E-state index contributed by atoms with van der Waals surface area (Å²) in [4.78, 5) is 46.7. The molecule has 0 unspecified atom stereocenters. The summed E-state index contributed by atoms with van der Waals surface area (Å²) < 4.78 is 10.4. The molecule has 0 saturated heterocycles. The van der Waals surface area contributed by atoms with Crippen LogP contribution in [0.25, 0.3) is 5.69 Å². The Labute approximate surface area is 212 Å². The van der Waals surface area contributed by atoms with E-state index in [9.17, 15) is 19.2 Å². The van der Waals surface area contributed by atoms with E-state index in [4.69, 9.17) is 10.0 Å². The highest BCUT2D eigenvalue weighted by Gasteiger charge is 2.08. The Morgan fingerprint density at radius 2 is 1.30 bits per heavy atom. The monoisotopic (exact) mass is 504 g/mol. The maximum atomic E-state index is 11.7. The fourth-order valence-corrected chi connectivity index (χ4v) is 2.80. The van der Waals surface area contributed by atoms with Crippen LogP contribution in [0.3, 0.4) is 0 Å². The van der Waals surface area contributed by atoms with Crippen LogP contribution in [0.5, 0.6) is 0 Å². The summed E-state index contributed by atoms with van der Waals surface area (Å²) in [5.74, 6) is -0.920. The summed E-state index contributed by atoms with van der Waals surface area (Å²) in [7, 11) is 1.25. The number of nitrogens with zero attached hydrogens (tertiary/aromatic N) is 1. The molecular formula is C26H25BN2O8. The molecule has 0 spiro atoms. The summed E-state index contributed by atoms with van der Waals surface area (Å²) >= 11 is 0. The number of methoxy groups -OCH3 is 2. The number of ether oxygens (including phenoxy) is 2. The highest BCUT2D eigenvalue weighted by Crippen LogP contribution is 2.06. The van der Waals surface area contributed by atoms with E-state index in [0.29, 0.717) is 22.3 Å². The van der Waals surface area contributed by atoms with Crippen molar-refractivity contribution in [3.63, 3.8) is 0 Å². The maximum absolute atomic E-state index is 11.7. The molecule has 4 aromatic rings. The van der Waals surface area contributed by atoms with Gasteiger partial charge in [-0.3, -0.25) is 14.2 Å². The Balaban J connectivity index is 0.000000208. The van der Waals surface area contributed by atoms with Gasteiger partial charge in [0.05, 0.1) is 25.3 Å². The molecule has 4 rings (SSSR count). The van der Waals surface area contributed by atoms with Gasteiger partial charge in [0.2, 0.25) is 5.56 Å². The van der Waals surface area contributed by atoms with Gasteiger partial charge in [0.1, 0.15) is 0 Å². The van der Waals surface area contributed by atoms with Crippen molar-refractivity contribution in [2.75, 3.05) is 14.2 Å². The number of para-hydroxylation sites is 1. The van der Waals surface area contributed by atoms with Gasteiger partial charge in [-0.1, -0.05) is 48.5 Å². The number of hydrogen-bond acceptors (Lipinski definition) is 8. The number of aromatic amines is 1. The van der Waals surface area contributed by atoms with E-state index < -0.39 is 19.1 Å². The van der Waals surface area contributed by atoms with E-state index in [2.05, 4.69) is 14.5 Å². The zero-order valence-electron chi connectivity index (χ0n) is 20.1. The van der Waals surface area contributed by atoms with E-state index >= 15 is 0 Å². The molecule has 2 aromatic heterocycles. The largest absolute Gasteiger partial charge is 0.488 e. The molecule has 11 heteroatoms. The second kappa shape index (κ2) is 14.6. The van der Waals surface area contributed by atoms with Crippen LogP contribution in [0.1, 0.15) is 20.7 Å². The lowest BCUT2D eigenvalue weighted by Crippen LogP contribution is -2.29. The van der Waals surface area contributed by atoms with E-state index in [1.165, 1.54) is 55.4 Å². The molecule has 3 N–H and O–H groups in total. The van der Waals surface area contributed by atoms with Crippen LogP contribution >= 0.6 is 0 Å². The van der Waals surface area contributed by atoms with Gasteiger partial charge in [-0.2, -0.15) is 0 Å². The van der Waals surface area contributed by atoms with Crippen molar-refractivity contribution in [1.82, 2.24) is 9.55 Å². The van der Waals surface area contributed by atoms with E-state index in [1.54, 1.807) is 36.4 Å². The molecule has 2 aromatic carbocycles. The Morgan fingerprint density at radius 1 is 0.757 bits per heavy atom. The van der Waals surface area contributed by atoms with Crippen LogP contribution in [0.2, 0.25) is 0 Å². The average molecular weight is 504 g/mol. The van der Waals surface area contributed by atoms with Crippen molar-refractivity contribution in [1.29, 1.82) is 0 Å². The van der Waals surface area contributed by atoms with Gasteiger partial charge in [0.15, 0.2) is 0 Å². The fourth-order valence-electron chi connectivity index (χ4n) is 2.80. The topological polar surface area (TPSA) is 148 Å². The minimum absolute atomic E-state index is 0.191. The Kier molecular flexibility index (Phi) is 11.3. The second-order valence-electron chi connectivity index (χ2n) is 7.17. The van der Waals surface area contributed by atoms with E-state index in [1.807, 2.05) is 24.3 Å². The highest BCUT2D eigenvalue weighted by molar-refractivity contribution is 6.58. The zero-order chi connectivity index (χ0) is 27.2.